The van der Waals surface area contributed by atoms with E-state index in [4.69, 9.17) is 11.0 Å². The fraction of sp³-hybridized carbons (Fsp3) is 0. The monoisotopic (exact) mass is 196 g/mol. The highest BCUT2D eigenvalue weighted by molar-refractivity contribution is 7.57. The minimum atomic E-state index is -3.26. The summed E-state index contributed by atoms with van der Waals surface area (Å²) in [5.74, 6) is 0. The number of benzene rings is 1. The summed E-state index contributed by atoms with van der Waals surface area (Å²) in [5.41, 5.74) is 12.1. The second-order valence-corrected chi connectivity index (χ2v) is 4.53. The van der Waals surface area contributed by atoms with Gasteiger partial charge in [-0.15, -0.1) is 0 Å². The average Bonchev–Trinajstić information content (AvgIpc) is 2.45. The van der Waals surface area contributed by atoms with Gasteiger partial charge >= 0.3 is 7.59 Å². The summed E-state index contributed by atoms with van der Waals surface area (Å²) in [6.07, 6.45) is 1.39. The van der Waals surface area contributed by atoms with E-state index in [-0.39, 0.29) is 0 Å². The number of nitrogens with zero attached hydrogens (tertiary/aromatic N) is 2. The molecule has 0 amide bonds. The smallest absolute Gasteiger partial charge is 0.264 e. The Kier molecular flexibility index (Phi) is 1.73. The Morgan fingerprint density at radius 2 is 2.00 bits per heavy atom. The molecule has 0 fully saturated rings. The number of imidazole rings is 1. The first-order valence-corrected chi connectivity index (χ1v) is 5.49. The van der Waals surface area contributed by atoms with Crippen LogP contribution in [0.1, 0.15) is 0 Å². The molecule has 1 heterocycles. The third-order valence-electron chi connectivity index (χ3n) is 1.77. The minimum absolute atomic E-state index is 0.691. The van der Waals surface area contributed by atoms with Gasteiger partial charge in [0.05, 0.1) is 11.0 Å². The van der Waals surface area contributed by atoms with Crippen LogP contribution in [0.2, 0.25) is 0 Å². The van der Waals surface area contributed by atoms with Gasteiger partial charge in [-0.3, -0.25) is 19.9 Å². The molecule has 6 heteroatoms. The standard InChI is InChI=1S/C7H9N4OP/c8-13(9,12)11-5-10-6-3-1-2-4-7(6)11/h1-5H,(H4,8,9,12). The van der Waals surface area contributed by atoms with Crippen LogP contribution < -0.4 is 11.0 Å². The summed E-state index contributed by atoms with van der Waals surface area (Å²) < 4.78 is 12.7. The van der Waals surface area contributed by atoms with Crippen LogP contribution in [-0.4, -0.2) is 9.32 Å². The molecular formula is C7H9N4OP. The second kappa shape index (κ2) is 2.67. The van der Waals surface area contributed by atoms with Crippen molar-refractivity contribution in [3.63, 3.8) is 0 Å². The van der Waals surface area contributed by atoms with Crippen LogP contribution in [-0.2, 0) is 4.57 Å². The van der Waals surface area contributed by atoms with Gasteiger partial charge in [0.1, 0.15) is 6.33 Å². The van der Waals surface area contributed by atoms with Gasteiger partial charge in [0.15, 0.2) is 0 Å². The highest BCUT2D eigenvalue weighted by atomic mass is 31.2. The Morgan fingerprint density at radius 3 is 2.69 bits per heavy atom. The molecule has 13 heavy (non-hydrogen) atoms. The number of hydrogen-bond acceptors (Lipinski definition) is 2. The molecular weight excluding hydrogens is 187 g/mol. The topological polar surface area (TPSA) is 86.9 Å². The van der Waals surface area contributed by atoms with Crippen molar-refractivity contribution in [2.45, 2.75) is 0 Å². The zero-order chi connectivity index (χ0) is 9.47. The van der Waals surface area contributed by atoms with Gasteiger partial charge in [0, 0.05) is 0 Å². The maximum Gasteiger partial charge on any atom is 0.305 e. The van der Waals surface area contributed by atoms with Crippen molar-refractivity contribution >= 4 is 18.6 Å². The third kappa shape index (κ3) is 1.37. The zero-order valence-corrected chi connectivity index (χ0v) is 7.69. The Morgan fingerprint density at radius 1 is 1.31 bits per heavy atom. The maximum absolute atomic E-state index is 11.4. The Bertz CT molecular complexity index is 486. The van der Waals surface area contributed by atoms with E-state index in [1.165, 1.54) is 10.7 Å². The molecule has 1 aromatic carbocycles. The number of nitrogens with two attached hydrogens (primary N) is 2. The van der Waals surface area contributed by atoms with E-state index in [1.54, 1.807) is 6.07 Å². The van der Waals surface area contributed by atoms with Crippen molar-refractivity contribution in [1.82, 2.24) is 9.32 Å². The molecule has 68 valence electrons. The minimum Gasteiger partial charge on any atom is -0.264 e. The van der Waals surface area contributed by atoms with E-state index in [1.807, 2.05) is 18.2 Å². The lowest BCUT2D eigenvalue weighted by Crippen LogP contribution is -2.12. The number of fused-ring (bicyclic) bond motifs is 1. The SMILES string of the molecule is NP(N)(=O)n1cnc2ccccc21. The second-order valence-electron chi connectivity index (χ2n) is 2.75. The molecule has 0 bridgehead atoms. The van der Waals surface area contributed by atoms with Crippen LogP contribution in [0.3, 0.4) is 0 Å². The van der Waals surface area contributed by atoms with Crippen LogP contribution >= 0.6 is 7.59 Å². The molecule has 5 nitrogen and oxygen atoms in total. The molecule has 0 atom stereocenters. The fourth-order valence-electron chi connectivity index (χ4n) is 1.20. The van der Waals surface area contributed by atoms with Gasteiger partial charge in [-0.25, -0.2) is 4.98 Å². The van der Waals surface area contributed by atoms with Crippen LogP contribution in [0, 0.1) is 0 Å². The van der Waals surface area contributed by atoms with Crippen molar-refractivity contribution in [3.05, 3.63) is 30.6 Å². The predicted octanol–water partition coefficient (Wildman–Crippen LogP) is 0.910. The van der Waals surface area contributed by atoms with Crippen molar-refractivity contribution in [2.24, 2.45) is 11.0 Å². The predicted molar refractivity (Wildman–Crippen MR) is 51.1 cm³/mol. The summed E-state index contributed by atoms with van der Waals surface area (Å²) >= 11 is 0. The molecule has 0 spiro atoms. The Hall–Kier alpha value is -1.16. The van der Waals surface area contributed by atoms with E-state index in [9.17, 15) is 4.57 Å². The van der Waals surface area contributed by atoms with Crippen LogP contribution in [0.5, 0.6) is 0 Å². The van der Waals surface area contributed by atoms with Crippen molar-refractivity contribution in [3.8, 4) is 0 Å². The van der Waals surface area contributed by atoms with Gasteiger partial charge in [-0.1, -0.05) is 12.1 Å². The summed E-state index contributed by atoms with van der Waals surface area (Å²) in [7, 11) is -3.26. The lowest BCUT2D eigenvalue weighted by Gasteiger charge is -2.07. The first-order valence-electron chi connectivity index (χ1n) is 3.69. The summed E-state index contributed by atoms with van der Waals surface area (Å²) in [6, 6.07) is 7.24. The van der Waals surface area contributed by atoms with Crippen molar-refractivity contribution in [2.75, 3.05) is 0 Å². The van der Waals surface area contributed by atoms with E-state index in [0.29, 0.717) is 5.52 Å². The quantitative estimate of drug-likeness (QED) is 0.663. The highest BCUT2D eigenvalue weighted by Crippen LogP contribution is 2.31. The Balaban J connectivity index is 2.79. The largest absolute Gasteiger partial charge is 0.305 e. The van der Waals surface area contributed by atoms with Crippen LogP contribution in [0.15, 0.2) is 30.6 Å². The molecule has 0 saturated carbocycles. The third-order valence-corrected chi connectivity index (χ3v) is 2.76. The first-order chi connectivity index (χ1) is 6.09. The molecule has 2 aromatic rings. The fourth-order valence-corrected chi connectivity index (χ4v) is 1.91. The molecule has 2 rings (SSSR count). The summed E-state index contributed by atoms with van der Waals surface area (Å²) in [4.78, 5) is 4.02. The average molecular weight is 196 g/mol. The highest BCUT2D eigenvalue weighted by Gasteiger charge is 2.14. The normalized spacial score (nSPS) is 12.2. The van der Waals surface area contributed by atoms with E-state index < -0.39 is 7.59 Å². The van der Waals surface area contributed by atoms with E-state index in [2.05, 4.69) is 4.98 Å². The molecule has 0 aliphatic heterocycles. The van der Waals surface area contributed by atoms with Gasteiger partial charge < -0.3 is 0 Å². The van der Waals surface area contributed by atoms with Gasteiger partial charge in [-0.2, -0.15) is 0 Å². The van der Waals surface area contributed by atoms with Crippen molar-refractivity contribution in [1.29, 1.82) is 0 Å². The van der Waals surface area contributed by atoms with Crippen LogP contribution in [0.4, 0.5) is 0 Å². The molecule has 0 saturated heterocycles. The number of para-hydroxylation sites is 2. The van der Waals surface area contributed by atoms with Gasteiger partial charge in [-0.05, 0) is 12.1 Å². The molecule has 0 aliphatic rings. The molecule has 1 aromatic heterocycles. The summed E-state index contributed by atoms with van der Waals surface area (Å²) in [6.45, 7) is 0. The number of aromatic nitrogens is 2. The molecule has 0 radical (unpaired) electrons. The molecule has 0 aliphatic carbocycles. The lowest BCUT2D eigenvalue weighted by atomic mass is 10.3. The Labute approximate surface area is 74.9 Å². The lowest BCUT2D eigenvalue weighted by molar-refractivity contribution is 0.571. The summed E-state index contributed by atoms with van der Waals surface area (Å²) in [5, 5.41) is 0. The maximum atomic E-state index is 11.4. The molecule has 4 N–H and O–H groups in total. The van der Waals surface area contributed by atoms with E-state index >= 15 is 0 Å². The number of rotatable bonds is 1. The zero-order valence-electron chi connectivity index (χ0n) is 6.79. The van der Waals surface area contributed by atoms with Crippen molar-refractivity contribution < 1.29 is 4.57 Å². The van der Waals surface area contributed by atoms with Crippen LogP contribution in [0.25, 0.3) is 11.0 Å². The molecule has 0 unspecified atom stereocenters. The van der Waals surface area contributed by atoms with E-state index in [0.717, 1.165) is 5.52 Å². The van der Waals surface area contributed by atoms with Gasteiger partial charge in [0.2, 0.25) is 0 Å². The number of hydrogen-bond donors (Lipinski definition) is 2. The first kappa shape index (κ1) is 8.44. The van der Waals surface area contributed by atoms with Gasteiger partial charge in [0.25, 0.3) is 0 Å².